The molecule has 0 amide bonds. The number of carbonyl (C=O) groups is 5. The molecule has 18 aromatic carbocycles. The van der Waals surface area contributed by atoms with Crippen molar-refractivity contribution < 1.29 is 192 Å². The third-order valence-electron chi connectivity index (χ3n) is 22.7. The fourth-order valence-electron chi connectivity index (χ4n) is 15.0. The Kier molecular flexibility index (Phi) is 36.0. The molecular weight excluding hydrogens is 1960 g/mol. The second kappa shape index (κ2) is 48.1. The summed E-state index contributed by atoms with van der Waals surface area (Å²) >= 11 is 11.8. The Morgan fingerprint density at radius 1 is 0.261 bits per heavy atom. The van der Waals surface area contributed by atoms with Crippen LogP contribution in [0.1, 0.15) is 70.7 Å². The zero-order valence-electron chi connectivity index (χ0n) is 77.4. The molecule has 19 nitrogen and oxygen atoms in total. The number of phenolic OH excluding ortho intramolecular Hbond substituents is 2. The predicted molar refractivity (Wildman–Crippen MR) is 538 cm³/mol. The Balaban J connectivity index is 0.000000216. The number of sulfone groups is 4. The van der Waals surface area contributed by atoms with Crippen molar-refractivity contribution in [3.8, 4) is 95.5 Å². The van der Waals surface area contributed by atoms with Crippen LogP contribution in [0.25, 0.3) is 66.8 Å². The number of methoxy groups -OCH3 is 1. The molecule has 0 heterocycles. The number of ketones is 4. The number of hydrogen-bond donors (Lipinski definition) is 2. The van der Waals surface area contributed by atoms with Gasteiger partial charge < -0.3 is 31.3 Å². The van der Waals surface area contributed by atoms with Crippen molar-refractivity contribution in [2.45, 2.75) is 46.1 Å². The van der Waals surface area contributed by atoms with E-state index >= 15 is 0 Å². The topological polar surface area (TPSA) is 313 Å². The fourth-order valence-corrected chi connectivity index (χ4v) is 20.2. The monoisotopic (exact) mass is 2040 g/mol. The Hall–Kier alpha value is -13.1. The van der Waals surface area contributed by atoms with Gasteiger partial charge in [-0.3, -0.25) is 24.0 Å². The van der Waals surface area contributed by atoms with Crippen molar-refractivity contribution in [1.29, 1.82) is 0 Å². The van der Waals surface area contributed by atoms with Gasteiger partial charge in [0.1, 0.15) is 28.7 Å². The molecule has 0 bridgehead atoms. The van der Waals surface area contributed by atoms with Crippen LogP contribution in [0, 0.1) is 6.92 Å². The van der Waals surface area contributed by atoms with Gasteiger partial charge in [-0.25, -0.2) is 33.7 Å². The number of ether oxygens (including phenoxy) is 2. The first kappa shape index (κ1) is 106. The second-order valence-corrected chi connectivity index (χ2v) is 40.4. The zero-order chi connectivity index (χ0) is 98.8. The average molecular weight is 2050 g/mol. The van der Waals surface area contributed by atoms with E-state index in [4.69, 9.17) is 52.9 Å². The Labute approximate surface area is 918 Å². The van der Waals surface area contributed by atoms with Crippen molar-refractivity contribution in [2.24, 2.45) is 0 Å². The van der Waals surface area contributed by atoms with Crippen LogP contribution in [0.2, 0.25) is 10.0 Å². The van der Waals surface area contributed by atoms with Crippen molar-refractivity contribution >= 4 is 92.2 Å². The smallest absolute Gasteiger partial charge is 1.00 e. The largest absolute Gasteiger partial charge is 1.00 e. The third kappa shape index (κ3) is 26.1. The van der Waals surface area contributed by atoms with Crippen molar-refractivity contribution in [2.75, 3.05) is 7.11 Å². The molecule has 0 aliphatic rings. The summed E-state index contributed by atoms with van der Waals surface area (Å²) < 4.78 is 117. The summed E-state index contributed by atoms with van der Waals surface area (Å²) in [7, 11) is -13.3. The van der Waals surface area contributed by atoms with Gasteiger partial charge in [-0.15, -0.1) is 0 Å². The van der Waals surface area contributed by atoms with Crippen LogP contribution < -0.4 is 118 Å². The molecule has 0 saturated heterocycles. The molecule has 0 aromatic heterocycles. The summed E-state index contributed by atoms with van der Waals surface area (Å²) in [5, 5.41) is 27.5. The summed E-state index contributed by atoms with van der Waals surface area (Å²) in [6.45, 7) is 1.72. The molecule has 0 saturated carbocycles. The molecule has 0 aliphatic heterocycles. The molecule has 18 rings (SSSR count). The molecule has 18 aromatic rings. The minimum atomic E-state index is -3.82. The molecule has 0 atom stereocenters. The molecule has 27 heteroatoms. The number of aryl methyl sites for hydroxylation is 1. The van der Waals surface area contributed by atoms with Gasteiger partial charge >= 0.3 is 103 Å². The average Bonchev–Trinajstić information content (AvgIpc) is 0.800. The van der Waals surface area contributed by atoms with E-state index in [1.54, 1.807) is 310 Å². The number of benzene rings is 18. The van der Waals surface area contributed by atoms with E-state index < -0.39 is 39.3 Å². The summed E-state index contributed by atoms with van der Waals surface area (Å²) in [6, 6.07) is 122. The number of halogens is 2. The molecule has 0 fully saturated rings. The van der Waals surface area contributed by atoms with Gasteiger partial charge in [-0.05, 0) is 268 Å². The van der Waals surface area contributed by atoms with E-state index in [1.165, 1.54) is 60.7 Å². The number of phenols is 2. The maximum absolute atomic E-state index is 13.6. The van der Waals surface area contributed by atoms with Crippen molar-refractivity contribution in [3.05, 3.63) is 497 Å². The fraction of sp³-hybridized carbons (Fsp3) is 0.0174. The van der Waals surface area contributed by atoms with E-state index in [0.717, 1.165) is 78.1 Å². The Bertz CT molecular complexity index is 7800. The van der Waals surface area contributed by atoms with Crippen LogP contribution in [-0.4, -0.2) is 80.6 Å². The molecule has 0 radical (unpaired) electrons. The van der Waals surface area contributed by atoms with E-state index in [1.807, 2.05) is 79.7 Å². The molecule has 142 heavy (non-hydrogen) atoms. The number of rotatable bonds is 26. The van der Waals surface area contributed by atoms with Gasteiger partial charge in [-0.2, -0.15) is 0 Å². The first-order valence-electron chi connectivity index (χ1n) is 43.1. The maximum atomic E-state index is 13.6. The predicted octanol–water partition coefficient (Wildman–Crippen LogP) is 18.7. The van der Waals surface area contributed by atoms with Crippen molar-refractivity contribution in [3.63, 3.8) is 0 Å². The maximum Gasteiger partial charge on any atom is 1.00 e. The quantitative estimate of drug-likeness (QED) is 0.0167. The van der Waals surface area contributed by atoms with E-state index in [-0.39, 0.29) is 184 Å². The van der Waals surface area contributed by atoms with E-state index in [9.17, 15) is 52.8 Å². The third-order valence-corrected chi connectivity index (χ3v) is 30.3. The minimum Gasteiger partial charge on any atom is -1.00 e. The van der Waals surface area contributed by atoms with E-state index in [2.05, 4.69) is 4.89 Å². The van der Waals surface area contributed by atoms with Crippen LogP contribution in [-0.2, 0) is 49.0 Å². The Morgan fingerprint density at radius 2 is 0.430 bits per heavy atom. The molecule has 0 unspecified atom stereocenters. The SMILES string of the molecule is COc1ccc(-c2ccc(Oc3ccc(S(=O)(=O)c4ccc(-c5ccc(C(=O)c6cccc(C(=O)c7ccc(-c8ccc(S(=O)(=O)c9ccc(C)cc9)cc8)cc7)c6)cc5)cc4)cc3)cc2)cc1.O=C(c1ccc(-c2ccc(S(=O)(=O)c3ccc(Cl)cc3)cc2)cc1)c1cccc(C(=O)c2ccc(-c3ccc(S(=O)(=O)c4ccc(Cl)cc4)cc3)cc2)c1.O=CO[O-].Oc1ccc(-c2ccc(O)cc2)cc1.[H-].[K+].[K+]. The van der Waals surface area contributed by atoms with Gasteiger partial charge in [-0.1, -0.05) is 271 Å². The van der Waals surface area contributed by atoms with Gasteiger partial charge in [0.25, 0.3) is 6.47 Å². The Morgan fingerprint density at radius 3 is 0.641 bits per heavy atom. The summed E-state index contributed by atoms with van der Waals surface area (Å²) in [5.41, 5.74) is 14.6. The van der Waals surface area contributed by atoms with Crippen LogP contribution in [0.3, 0.4) is 0 Å². The molecule has 696 valence electrons. The number of carbonyl (C=O) groups excluding carboxylic acids is 5. The van der Waals surface area contributed by atoms with Crippen LogP contribution in [0.15, 0.2) is 476 Å². The van der Waals surface area contributed by atoms with Crippen LogP contribution in [0.4, 0.5) is 0 Å². The second-order valence-electron chi connectivity index (χ2n) is 31.7. The number of aromatic hydroxyl groups is 2. The standard InChI is InChI=1S/C58H42O8S2.C44H28Cl2O6S2.C12H10O2.CH2O3.2K.H/c1-39-6-30-53(31-7-39)67(61,62)54-32-20-44(21-33-54)40-8-12-46(13-9-40)57(59)48-4-3-5-49(38-48)58(60)47-14-10-41(11-15-47)45-22-34-55(35-23-45)68(63,64)56-36-28-52(29-37-56)66-51-26-18-43(19-27-51)42-16-24-50(65-2)25-17-42;45-37-16-24-41(25-17-37)53(49,50)39-20-12-31(13-21-39)29-4-8-33(9-5-29)43(47)35-2-1-3-36(28-35)44(48)34-10-6-30(7-11-34)32-14-22-40(23-15-32)54(51,52)42-26-18-38(46)19-27-42;13-11-5-1-9(2-6-11)10-3-7-12(14)8-4-10;2-1-4-3;;;/h3-38H,1-2H3;1-28H;1-8,13-14H;1,3H;;;/q;;;;2*+1;-1/p-1. The van der Waals surface area contributed by atoms with Gasteiger partial charge in [0.2, 0.25) is 39.3 Å². The van der Waals surface area contributed by atoms with Crippen LogP contribution in [0.5, 0.6) is 28.7 Å². The molecule has 0 spiro atoms. The summed E-state index contributed by atoms with van der Waals surface area (Å²) in [4.78, 5) is 66.7. The van der Waals surface area contributed by atoms with Gasteiger partial charge in [0.05, 0.1) is 46.3 Å². The molecular formula is C115H82Cl2K2O19S4. The first-order chi connectivity index (χ1) is 67.4. The van der Waals surface area contributed by atoms with Crippen LogP contribution >= 0.6 is 23.2 Å². The molecule has 0 aliphatic carbocycles. The minimum absolute atomic E-state index is 0. The zero-order valence-corrected chi connectivity index (χ0v) is 87.4. The van der Waals surface area contributed by atoms with E-state index in [0.29, 0.717) is 66.1 Å². The molecule has 2 N–H and O–H groups in total. The van der Waals surface area contributed by atoms with Gasteiger partial charge in [0, 0.05) is 54.6 Å². The first-order valence-corrected chi connectivity index (χ1v) is 49.7. The van der Waals surface area contributed by atoms with Crippen molar-refractivity contribution in [1.82, 2.24) is 0 Å². The number of hydrogen-bond acceptors (Lipinski definition) is 19. The summed E-state index contributed by atoms with van der Waals surface area (Å²) in [6.07, 6.45) is 0. The van der Waals surface area contributed by atoms with Gasteiger partial charge in [0.15, 0.2) is 23.1 Å². The normalized spacial score (nSPS) is 11.0. The summed E-state index contributed by atoms with van der Waals surface area (Å²) in [5.74, 6) is 1.41.